The molecule has 1 heterocycles. The number of nitrogens with one attached hydrogen (secondary N) is 1. The number of amides is 2. The molecule has 0 radical (unpaired) electrons. The molecule has 0 aliphatic heterocycles. The van der Waals surface area contributed by atoms with Gasteiger partial charge >= 0.3 is 0 Å². The van der Waals surface area contributed by atoms with E-state index in [1.807, 2.05) is 13.8 Å². The van der Waals surface area contributed by atoms with Gasteiger partial charge in [0.05, 0.1) is 27.8 Å². The van der Waals surface area contributed by atoms with Crippen LogP contribution in [0.15, 0.2) is 30.1 Å². The maximum absolute atomic E-state index is 12.8. The number of hydrogen-bond donors (Lipinski definition) is 5. The number of rotatable bonds is 11. The fraction of sp³-hybridized carbons (Fsp3) is 0.621. The summed E-state index contributed by atoms with van der Waals surface area (Å²) >= 11 is 1.68. The normalized spacial score (nSPS) is 14.6. The third-order valence-electron chi connectivity index (χ3n) is 6.58. The van der Waals surface area contributed by atoms with Gasteiger partial charge in [-0.1, -0.05) is 59.9 Å². The summed E-state index contributed by atoms with van der Waals surface area (Å²) in [4.78, 5) is 27.1. The maximum atomic E-state index is 12.8. The van der Waals surface area contributed by atoms with Crippen molar-refractivity contribution in [2.75, 3.05) is 13.1 Å². The highest BCUT2D eigenvalue weighted by molar-refractivity contribution is 7.18. The van der Waals surface area contributed by atoms with Crippen LogP contribution in [-0.4, -0.2) is 40.9 Å². The predicted octanol–water partition coefficient (Wildman–Crippen LogP) is 4.26. The highest BCUT2D eigenvalue weighted by Crippen LogP contribution is 2.28. The molecule has 1 atom stereocenters. The molecule has 9 N–H and O–H groups in total. The van der Waals surface area contributed by atoms with Crippen LogP contribution in [0.25, 0.3) is 10.2 Å². The fourth-order valence-electron chi connectivity index (χ4n) is 4.35. The molecule has 1 fully saturated rings. The second-order valence-corrected chi connectivity index (χ2v) is 11.1. The van der Waals surface area contributed by atoms with E-state index < -0.39 is 0 Å². The number of aryl methyl sites for hydroxylation is 1. The lowest BCUT2D eigenvalue weighted by atomic mass is 9.83. The number of thiazole rings is 1. The summed E-state index contributed by atoms with van der Waals surface area (Å²) in [7, 11) is 0. The third-order valence-corrected chi connectivity index (χ3v) is 7.66. The van der Waals surface area contributed by atoms with Crippen LogP contribution in [0.4, 0.5) is 0 Å². The van der Waals surface area contributed by atoms with Crippen molar-refractivity contribution in [2.45, 2.75) is 97.9 Å². The lowest BCUT2D eigenvalue weighted by Crippen LogP contribution is -2.49. The molecule has 0 spiro atoms. The monoisotopic (exact) mass is 561 g/mol. The number of hydrogen-bond acceptors (Lipinski definition) is 8. The van der Waals surface area contributed by atoms with E-state index in [9.17, 15) is 9.59 Å². The van der Waals surface area contributed by atoms with Crippen LogP contribution >= 0.6 is 11.3 Å². The molecule has 10 heteroatoms. The summed E-state index contributed by atoms with van der Waals surface area (Å²) < 4.78 is 1.19. The van der Waals surface area contributed by atoms with Gasteiger partial charge in [-0.2, -0.15) is 0 Å². The summed E-state index contributed by atoms with van der Waals surface area (Å²) in [5.41, 5.74) is 18.9. The van der Waals surface area contributed by atoms with Crippen LogP contribution in [0.3, 0.4) is 0 Å². The van der Waals surface area contributed by atoms with Crippen LogP contribution in [0.5, 0.6) is 0 Å². The fourth-order valence-corrected chi connectivity index (χ4v) is 5.36. The largest absolute Gasteiger partial charge is 0.400 e. The van der Waals surface area contributed by atoms with Gasteiger partial charge in [-0.15, -0.1) is 11.3 Å². The SMILES string of the molecule is CC.CC(C)c1ccc2nc(CCC(=O)N[C@H](CN(N)/C=C(\N)CN)C3CCCCC3)sc2c1.CCC(N)=O. The van der Waals surface area contributed by atoms with Crippen molar-refractivity contribution in [1.29, 1.82) is 0 Å². The molecule has 1 aliphatic carbocycles. The molecule has 9 nitrogen and oxygen atoms in total. The molecule has 2 aromatic rings. The number of carbonyl (C=O) groups is 2. The third kappa shape index (κ3) is 12.8. The number of nitrogens with zero attached hydrogens (tertiary/aromatic N) is 2. The molecule has 1 saturated carbocycles. The van der Waals surface area contributed by atoms with Gasteiger partial charge in [-0.05, 0) is 42.4 Å². The van der Waals surface area contributed by atoms with Crippen molar-refractivity contribution < 1.29 is 9.59 Å². The van der Waals surface area contributed by atoms with E-state index in [2.05, 4.69) is 43.1 Å². The number of nitrogens with two attached hydrogens (primary N) is 4. The summed E-state index contributed by atoms with van der Waals surface area (Å²) in [5.74, 6) is 6.86. The molecule has 3 rings (SSSR count). The van der Waals surface area contributed by atoms with Gasteiger partial charge in [-0.3, -0.25) is 9.59 Å². The van der Waals surface area contributed by atoms with E-state index in [0.29, 0.717) is 43.3 Å². The molecular formula is C29H51N7O2S. The van der Waals surface area contributed by atoms with E-state index in [1.54, 1.807) is 29.5 Å². The van der Waals surface area contributed by atoms with Crippen molar-refractivity contribution in [1.82, 2.24) is 15.3 Å². The smallest absolute Gasteiger partial charge is 0.220 e. The van der Waals surface area contributed by atoms with Crippen LogP contribution in [0, 0.1) is 5.92 Å². The Hall–Kier alpha value is -2.69. The Morgan fingerprint density at radius 1 is 1.18 bits per heavy atom. The number of benzene rings is 1. The Labute approximate surface area is 238 Å². The highest BCUT2D eigenvalue weighted by Gasteiger charge is 2.26. The zero-order chi connectivity index (χ0) is 29.4. The van der Waals surface area contributed by atoms with Crippen LogP contribution < -0.4 is 28.4 Å². The van der Waals surface area contributed by atoms with Gasteiger partial charge in [0.15, 0.2) is 0 Å². The molecule has 1 aromatic heterocycles. The van der Waals surface area contributed by atoms with E-state index in [0.717, 1.165) is 23.4 Å². The van der Waals surface area contributed by atoms with Crippen molar-refractivity contribution in [3.63, 3.8) is 0 Å². The van der Waals surface area contributed by atoms with Crippen molar-refractivity contribution in [3.05, 3.63) is 40.7 Å². The molecule has 220 valence electrons. The number of primary amides is 1. The maximum Gasteiger partial charge on any atom is 0.220 e. The predicted molar refractivity (Wildman–Crippen MR) is 164 cm³/mol. The number of carbonyl (C=O) groups excluding carboxylic acids is 2. The lowest BCUT2D eigenvalue weighted by molar-refractivity contribution is -0.122. The first-order valence-corrected chi connectivity index (χ1v) is 15.1. The van der Waals surface area contributed by atoms with E-state index >= 15 is 0 Å². The van der Waals surface area contributed by atoms with Crippen molar-refractivity contribution >= 4 is 33.4 Å². The molecule has 0 saturated heterocycles. The lowest BCUT2D eigenvalue weighted by Gasteiger charge is -2.33. The summed E-state index contributed by atoms with van der Waals surface area (Å²) in [5, 5.41) is 5.81. The standard InChI is InChI=1S/C24H38N6OS.C3H7NO.C2H6/c1-16(2)18-8-9-20-22(12-18)32-24(29-20)11-10-23(31)28-21(17-6-4-3-5-7-17)15-30(27)14-19(26)13-25;1-2-3(4)5;1-2/h8-9,12,14,16-17,21H,3-7,10-11,13,15,25-27H2,1-2H3,(H,28,31);2H2,1H3,(H2,4,5);1-2H3/b19-14-;;/t21-;;/m1../s1. The number of hydrazine groups is 1. The molecular weight excluding hydrogens is 510 g/mol. The summed E-state index contributed by atoms with van der Waals surface area (Å²) in [6.45, 7) is 10.9. The molecule has 0 unspecified atom stereocenters. The topological polar surface area (TPSA) is 166 Å². The van der Waals surface area contributed by atoms with E-state index in [-0.39, 0.29) is 24.4 Å². The zero-order valence-electron chi connectivity index (χ0n) is 24.5. The first kappa shape index (κ1) is 34.3. The van der Waals surface area contributed by atoms with Gasteiger partial charge < -0.3 is 27.5 Å². The van der Waals surface area contributed by atoms with E-state index in [4.69, 9.17) is 22.3 Å². The Morgan fingerprint density at radius 2 is 1.82 bits per heavy atom. The highest BCUT2D eigenvalue weighted by atomic mass is 32.1. The van der Waals surface area contributed by atoms with Crippen LogP contribution in [0.1, 0.15) is 96.1 Å². The Bertz CT molecular complexity index is 1030. The summed E-state index contributed by atoms with van der Waals surface area (Å²) in [6.07, 6.45) is 9.07. The van der Waals surface area contributed by atoms with Crippen molar-refractivity contribution in [3.8, 4) is 0 Å². The molecule has 39 heavy (non-hydrogen) atoms. The number of fused-ring (bicyclic) bond motifs is 1. The molecule has 1 aliphatic rings. The second-order valence-electron chi connectivity index (χ2n) is 9.99. The quantitative estimate of drug-likeness (QED) is 0.202. The number of aromatic nitrogens is 1. The second kappa shape index (κ2) is 18.6. The Balaban J connectivity index is 0.000000975. The van der Waals surface area contributed by atoms with Gasteiger partial charge in [0, 0.05) is 37.7 Å². The minimum atomic E-state index is -0.245. The average molecular weight is 562 g/mol. The average Bonchev–Trinajstić information content (AvgIpc) is 3.35. The van der Waals surface area contributed by atoms with Crippen LogP contribution in [-0.2, 0) is 16.0 Å². The first-order valence-electron chi connectivity index (χ1n) is 14.3. The molecule has 2 amide bonds. The molecule has 0 bridgehead atoms. The molecule has 1 aromatic carbocycles. The minimum Gasteiger partial charge on any atom is -0.400 e. The first-order chi connectivity index (χ1) is 18.6. The van der Waals surface area contributed by atoms with Crippen molar-refractivity contribution in [2.24, 2.45) is 29.0 Å². The Kier molecular flexibility index (Phi) is 16.4. The minimum absolute atomic E-state index is 0.00130. The van der Waals surface area contributed by atoms with Gasteiger partial charge in [0.25, 0.3) is 0 Å². The Morgan fingerprint density at radius 3 is 2.38 bits per heavy atom. The zero-order valence-corrected chi connectivity index (χ0v) is 25.4. The van der Waals surface area contributed by atoms with Crippen LogP contribution in [0.2, 0.25) is 0 Å². The van der Waals surface area contributed by atoms with E-state index in [1.165, 1.54) is 29.5 Å². The summed E-state index contributed by atoms with van der Waals surface area (Å²) in [6, 6.07) is 6.44. The van der Waals surface area contributed by atoms with Gasteiger partial charge in [0.2, 0.25) is 11.8 Å². The van der Waals surface area contributed by atoms with Gasteiger partial charge in [0.1, 0.15) is 0 Å². The van der Waals surface area contributed by atoms with Gasteiger partial charge in [-0.25, -0.2) is 10.8 Å².